The van der Waals surface area contributed by atoms with Crippen molar-refractivity contribution in [3.8, 4) is 0 Å². The van der Waals surface area contributed by atoms with Crippen LogP contribution in [0.1, 0.15) is 66.5 Å². The normalized spacial score (nSPS) is 20.1. The summed E-state index contributed by atoms with van der Waals surface area (Å²) < 4.78 is 0. The maximum atomic E-state index is 10.9. The molecule has 100 valence electrons. The van der Waals surface area contributed by atoms with Crippen LogP contribution in [0, 0.1) is 33.1 Å². The van der Waals surface area contributed by atoms with E-state index >= 15 is 0 Å². The molecule has 1 atom stereocenters. The summed E-state index contributed by atoms with van der Waals surface area (Å²) in [7, 11) is 0. The van der Waals surface area contributed by atoms with Crippen molar-refractivity contribution in [1.82, 2.24) is 0 Å². The largest absolute Gasteiger partial charge is 0.388 e. The zero-order valence-electron chi connectivity index (χ0n) is 12.4. The lowest BCUT2D eigenvalue weighted by Crippen LogP contribution is -2.24. The van der Waals surface area contributed by atoms with Crippen LogP contribution in [0.3, 0.4) is 0 Å². The van der Waals surface area contributed by atoms with Crippen LogP contribution in [-0.4, -0.2) is 5.11 Å². The van der Waals surface area contributed by atoms with Gasteiger partial charge in [0.1, 0.15) is 0 Å². The quantitative estimate of drug-likeness (QED) is 0.812. The van der Waals surface area contributed by atoms with Gasteiger partial charge in [-0.25, -0.2) is 0 Å². The van der Waals surface area contributed by atoms with Crippen molar-refractivity contribution in [3.05, 3.63) is 33.9 Å². The molecule has 0 aliphatic heterocycles. The molecule has 1 aliphatic rings. The van der Waals surface area contributed by atoms with Gasteiger partial charge in [0.15, 0.2) is 0 Å². The Hall–Kier alpha value is -0.820. The highest BCUT2D eigenvalue weighted by Crippen LogP contribution is 2.48. The minimum atomic E-state index is -0.307. The Morgan fingerprint density at radius 2 is 1.44 bits per heavy atom. The first-order valence-corrected chi connectivity index (χ1v) is 7.12. The van der Waals surface area contributed by atoms with Crippen molar-refractivity contribution in [2.45, 2.75) is 66.4 Å². The number of hydrogen-bond acceptors (Lipinski definition) is 1. The highest BCUT2D eigenvalue weighted by Gasteiger charge is 2.38. The highest BCUT2D eigenvalue weighted by atomic mass is 16.3. The van der Waals surface area contributed by atoms with Gasteiger partial charge in [-0.1, -0.05) is 25.8 Å². The number of aliphatic hydroxyl groups is 1. The van der Waals surface area contributed by atoms with Crippen LogP contribution >= 0.6 is 0 Å². The van der Waals surface area contributed by atoms with E-state index in [-0.39, 0.29) is 11.5 Å². The second-order valence-electron chi connectivity index (χ2n) is 6.44. The lowest BCUT2D eigenvalue weighted by molar-refractivity contribution is 0.0397. The molecule has 1 N–H and O–H groups in total. The third-order valence-corrected chi connectivity index (χ3v) is 5.10. The van der Waals surface area contributed by atoms with E-state index in [0.29, 0.717) is 0 Å². The summed E-state index contributed by atoms with van der Waals surface area (Å²) in [5, 5.41) is 10.9. The molecule has 0 radical (unpaired) electrons. The molecule has 0 saturated heterocycles. The van der Waals surface area contributed by atoms with Crippen molar-refractivity contribution < 1.29 is 5.11 Å². The Bertz CT molecular complexity index is 427. The van der Waals surface area contributed by atoms with Crippen LogP contribution in [-0.2, 0) is 0 Å². The molecule has 1 nitrogen and oxygen atoms in total. The minimum absolute atomic E-state index is 0.0791. The zero-order chi connectivity index (χ0) is 13.5. The molecule has 1 saturated carbocycles. The molecule has 1 fully saturated rings. The van der Waals surface area contributed by atoms with Gasteiger partial charge in [-0.15, -0.1) is 0 Å². The van der Waals surface area contributed by atoms with E-state index in [1.165, 1.54) is 40.7 Å². The molecule has 1 aliphatic carbocycles. The van der Waals surface area contributed by atoms with E-state index in [9.17, 15) is 5.11 Å². The molecule has 1 unspecified atom stereocenters. The predicted molar refractivity (Wildman–Crippen MR) is 76.9 cm³/mol. The van der Waals surface area contributed by atoms with E-state index in [1.807, 2.05) is 0 Å². The molecule has 0 bridgehead atoms. The van der Waals surface area contributed by atoms with Gasteiger partial charge in [-0.2, -0.15) is 0 Å². The van der Waals surface area contributed by atoms with Gasteiger partial charge >= 0.3 is 0 Å². The Balaban J connectivity index is 2.50. The molecule has 0 spiro atoms. The Kier molecular flexibility index (Phi) is 3.55. The summed E-state index contributed by atoms with van der Waals surface area (Å²) in [5.41, 5.74) is 6.42. The average Bonchev–Trinajstić information content (AvgIpc) is 2.75. The fourth-order valence-corrected chi connectivity index (χ4v) is 3.46. The monoisotopic (exact) mass is 246 g/mol. The fraction of sp³-hybridized carbons (Fsp3) is 0.647. The van der Waals surface area contributed by atoms with Crippen molar-refractivity contribution >= 4 is 0 Å². The first-order valence-electron chi connectivity index (χ1n) is 7.12. The third kappa shape index (κ3) is 2.09. The number of aliphatic hydroxyl groups excluding tert-OH is 1. The number of benzene rings is 1. The van der Waals surface area contributed by atoms with Crippen LogP contribution in [0.15, 0.2) is 6.07 Å². The minimum Gasteiger partial charge on any atom is -0.388 e. The summed E-state index contributed by atoms with van der Waals surface area (Å²) in [5.74, 6) is 0. The van der Waals surface area contributed by atoms with Crippen molar-refractivity contribution in [2.24, 2.45) is 5.41 Å². The van der Waals surface area contributed by atoms with Crippen LogP contribution in [0.4, 0.5) is 0 Å². The lowest BCUT2D eigenvalue weighted by atomic mass is 9.76. The SMILES string of the molecule is Cc1cc(C)c(C)c(C(O)C2(C)CCCC2)c1C. The first kappa shape index (κ1) is 13.6. The lowest BCUT2D eigenvalue weighted by Gasteiger charge is -2.33. The summed E-state index contributed by atoms with van der Waals surface area (Å²) in [6.07, 6.45) is 4.52. The van der Waals surface area contributed by atoms with E-state index in [0.717, 1.165) is 12.8 Å². The van der Waals surface area contributed by atoms with Crippen molar-refractivity contribution in [2.75, 3.05) is 0 Å². The Morgan fingerprint density at radius 1 is 1.00 bits per heavy atom. The van der Waals surface area contributed by atoms with Gasteiger partial charge < -0.3 is 5.11 Å². The van der Waals surface area contributed by atoms with Crippen molar-refractivity contribution in [3.63, 3.8) is 0 Å². The van der Waals surface area contributed by atoms with Gasteiger partial charge in [0, 0.05) is 0 Å². The van der Waals surface area contributed by atoms with Crippen LogP contribution < -0.4 is 0 Å². The molecular formula is C17H26O. The Morgan fingerprint density at radius 3 is 1.89 bits per heavy atom. The van der Waals surface area contributed by atoms with E-state index in [4.69, 9.17) is 0 Å². The summed E-state index contributed by atoms with van der Waals surface area (Å²) in [4.78, 5) is 0. The number of hydrogen-bond donors (Lipinski definition) is 1. The topological polar surface area (TPSA) is 20.2 Å². The zero-order valence-corrected chi connectivity index (χ0v) is 12.4. The van der Waals surface area contributed by atoms with E-state index < -0.39 is 0 Å². The summed E-state index contributed by atoms with van der Waals surface area (Å²) >= 11 is 0. The molecular weight excluding hydrogens is 220 g/mol. The molecule has 1 heteroatoms. The number of aryl methyl sites for hydroxylation is 2. The molecule has 0 heterocycles. The van der Waals surface area contributed by atoms with Gasteiger partial charge in [-0.05, 0) is 73.8 Å². The smallest absolute Gasteiger partial charge is 0.0848 e. The van der Waals surface area contributed by atoms with Gasteiger partial charge in [0.25, 0.3) is 0 Å². The summed E-state index contributed by atoms with van der Waals surface area (Å²) in [6.45, 7) is 10.8. The maximum Gasteiger partial charge on any atom is 0.0848 e. The summed E-state index contributed by atoms with van der Waals surface area (Å²) in [6, 6.07) is 2.23. The average molecular weight is 246 g/mol. The molecule has 18 heavy (non-hydrogen) atoms. The molecule has 1 aromatic carbocycles. The first-order chi connectivity index (χ1) is 8.37. The molecule has 1 aromatic rings. The predicted octanol–water partition coefficient (Wildman–Crippen LogP) is 4.53. The molecule has 0 amide bonds. The van der Waals surface area contributed by atoms with Gasteiger partial charge in [-0.3, -0.25) is 0 Å². The van der Waals surface area contributed by atoms with Gasteiger partial charge in [0.05, 0.1) is 6.10 Å². The van der Waals surface area contributed by atoms with Crippen molar-refractivity contribution in [1.29, 1.82) is 0 Å². The van der Waals surface area contributed by atoms with Gasteiger partial charge in [0.2, 0.25) is 0 Å². The number of rotatable bonds is 2. The second-order valence-corrected chi connectivity index (χ2v) is 6.44. The Labute approximate surface area is 111 Å². The van der Waals surface area contributed by atoms with E-state index in [2.05, 4.69) is 40.7 Å². The third-order valence-electron chi connectivity index (χ3n) is 5.10. The van der Waals surface area contributed by atoms with Crippen LogP contribution in [0.5, 0.6) is 0 Å². The van der Waals surface area contributed by atoms with Crippen LogP contribution in [0.2, 0.25) is 0 Å². The standard InChI is InChI=1S/C17H26O/c1-11-10-12(2)14(4)15(13(11)3)16(18)17(5)8-6-7-9-17/h10,16,18H,6-9H2,1-5H3. The second kappa shape index (κ2) is 4.70. The maximum absolute atomic E-state index is 10.9. The molecule has 0 aromatic heterocycles. The fourth-order valence-electron chi connectivity index (χ4n) is 3.46. The highest BCUT2D eigenvalue weighted by molar-refractivity contribution is 5.45. The van der Waals surface area contributed by atoms with Crippen LogP contribution in [0.25, 0.3) is 0 Å². The molecule has 2 rings (SSSR count). The van der Waals surface area contributed by atoms with E-state index in [1.54, 1.807) is 0 Å².